The van der Waals surface area contributed by atoms with Crippen molar-refractivity contribution < 1.29 is 9.53 Å². The van der Waals surface area contributed by atoms with Gasteiger partial charge in [-0.15, -0.1) is 23.1 Å². The van der Waals surface area contributed by atoms with Gasteiger partial charge in [-0.05, 0) is 26.2 Å². The Bertz CT molecular complexity index is 871. The first-order valence-corrected chi connectivity index (χ1v) is 11.1. The molecule has 2 aromatic heterocycles. The van der Waals surface area contributed by atoms with E-state index in [1.54, 1.807) is 16.3 Å². The molecule has 1 amide bonds. The number of hydrazone groups is 1. The Labute approximate surface area is 165 Å². The SMILES string of the molecule is Cc1nc(SC2CCC3C(=O)N(Cc4cc5n(n4)CCO5)N=CC3C2)cs1. The van der Waals surface area contributed by atoms with Crippen LogP contribution in [0.15, 0.2) is 21.6 Å². The van der Waals surface area contributed by atoms with Crippen LogP contribution in [0.5, 0.6) is 5.88 Å². The maximum Gasteiger partial charge on any atom is 0.246 e. The molecule has 3 aliphatic rings. The van der Waals surface area contributed by atoms with Crippen molar-refractivity contribution in [1.82, 2.24) is 19.8 Å². The zero-order valence-electron chi connectivity index (χ0n) is 15.1. The van der Waals surface area contributed by atoms with Gasteiger partial charge in [0.1, 0.15) is 11.6 Å². The Hall–Kier alpha value is -1.87. The van der Waals surface area contributed by atoms with Crippen molar-refractivity contribution in [3.63, 3.8) is 0 Å². The van der Waals surface area contributed by atoms with E-state index in [4.69, 9.17) is 4.74 Å². The first-order valence-electron chi connectivity index (χ1n) is 9.29. The Morgan fingerprint density at radius 1 is 1.41 bits per heavy atom. The van der Waals surface area contributed by atoms with Crippen LogP contribution in [0, 0.1) is 18.8 Å². The smallest absolute Gasteiger partial charge is 0.246 e. The maximum absolute atomic E-state index is 12.9. The summed E-state index contributed by atoms with van der Waals surface area (Å²) in [6, 6.07) is 1.91. The number of rotatable bonds is 4. The van der Waals surface area contributed by atoms with E-state index >= 15 is 0 Å². The molecule has 0 spiro atoms. The minimum atomic E-state index is 0.0437. The highest BCUT2D eigenvalue weighted by Gasteiger charge is 2.39. The number of carbonyl (C=O) groups excluding carboxylic acids is 1. The van der Waals surface area contributed by atoms with Crippen LogP contribution >= 0.6 is 23.1 Å². The van der Waals surface area contributed by atoms with Gasteiger partial charge in [0.15, 0.2) is 0 Å². The van der Waals surface area contributed by atoms with E-state index in [0.29, 0.717) is 18.4 Å². The molecule has 27 heavy (non-hydrogen) atoms. The summed E-state index contributed by atoms with van der Waals surface area (Å²) in [7, 11) is 0. The van der Waals surface area contributed by atoms with Crippen LogP contribution < -0.4 is 4.74 Å². The molecule has 7 nitrogen and oxygen atoms in total. The third-order valence-electron chi connectivity index (χ3n) is 5.36. The standard InChI is InChI=1S/C18H21N5O2S2/c1-11-20-16(10-26-11)27-14-2-3-15-12(6-14)8-19-23(18(15)24)9-13-7-17-22(21-13)4-5-25-17/h7-8,10,12,14-15H,2-6,9H2,1H3. The van der Waals surface area contributed by atoms with Crippen molar-refractivity contribution in [2.45, 2.75) is 49.6 Å². The molecule has 0 aromatic carbocycles. The molecule has 1 fully saturated rings. The fraction of sp³-hybridized carbons (Fsp3) is 0.556. The number of hydrogen-bond donors (Lipinski definition) is 0. The van der Waals surface area contributed by atoms with Crippen molar-refractivity contribution in [3.05, 3.63) is 22.1 Å². The number of fused-ring (bicyclic) bond motifs is 2. The van der Waals surface area contributed by atoms with Gasteiger partial charge in [-0.2, -0.15) is 10.2 Å². The summed E-state index contributed by atoms with van der Waals surface area (Å²) in [5.74, 6) is 1.19. The summed E-state index contributed by atoms with van der Waals surface area (Å²) < 4.78 is 7.34. The number of thiazole rings is 1. The van der Waals surface area contributed by atoms with Crippen molar-refractivity contribution in [1.29, 1.82) is 0 Å². The van der Waals surface area contributed by atoms with Gasteiger partial charge < -0.3 is 4.74 Å². The summed E-state index contributed by atoms with van der Waals surface area (Å²) in [5, 5.41) is 15.4. The highest BCUT2D eigenvalue weighted by atomic mass is 32.2. The van der Waals surface area contributed by atoms with Gasteiger partial charge in [0, 0.05) is 34.7 Å². The Kier molecular flexibility index (Phi) is 4.43. The normalized spacial score (nSPS) is 26.8. The third kappa shape index (κ3) is 3.38. The van der Waals surface area contributed by atoms with Crippen molar-refractivity contribution >= 4 is 35.2 Å². The monoisotopic (exact) mass is 403 g/mol. The lowest BCUT2D eigenvalue weighted by molar-refractivity contribution is -0.139. The first kappa shape index (κ1) is 17.2. The molecular formula is C18H21N5O2S2. The molecule has 9 heteroatoms. The minimum absolute atomic E-state index is 0.0437. The molecule has 1 aliphatic carbocycles. The van der Waals surface area contributed by atoms with E-state index in [0.717, 1.165) is 47.4 Å². The average Bonchev–Trinajstić information content (AvgIpc) is 3.34. The van der Waals surface area contributed by atoms with Crippen molar-refractivity contribution in [2.24, 2.45) is 16.9 Å². The summed E-state index contributed by atoms with van der Waals surface area (Å²) in [6.07, 6.45) is 4.92. The van der Waals surface area contributed by atoms with Gasteiger partial charge in [0.2, 0.25) is 11.8 Å². The number of aromatic nitrogens is 3. The minimum Gasteiger partial charge on any atom is -0.476 e. The molecule has 0 radical (unpaired) electrons. The molecule has 2 aliphatic heterocycles. The van der Waals surface area contributed by atoms with E-state index < -0.39 is 0 Å². The molecule has 5 rings (SSSR count). The Balaban J connectivity index is 1.24. The van der Waals surface area contributed by atoms with E-state index in [2.05, 4.69) is 20.6 Å². The molecule has 3 atom stereocenters. The molecule has 0 saturated heterocycles. The van der Waals surface area contributed by atoms with E-state index in [9.17, 15) is 4.79 Å². The van der Waals surface area contributed by atoms with E-state index in [1.807, 2.05) is 35.6 Å². The molecule has 3 unspecified atom stereocenters. The van der Waals surface area contributed by atoms with Crippen molar-refractivity contribution in [3.8, 4) is 5.88 Å². The fourth-order valence-electron chi connectivity index (χ4n) is 4.04. The highest BCUT2D eigenvalue weighted by molar-refractivity contribution is 8.00. The van der Waals surface area contributed by atoms with E-state index in [-0.39, 0.29) is 17.7 Å². The van der Waals surface area contributed by atoms with Gasteiger partial charge >= 0.3 is 0 Å². The Morgan fingerprint density at radius 3 is 3.15 bits per heavy atom. The van der Waals surface area contributed by atoms with Crippen LogP contribution in [-0.2, 0) is 17.9 Å². The van der Waals surface area contributed by atoms with Gasteiger partial charge in [0.05, 0.1) is 23.8 Å². The Morgan fingerprint density at radius 2 is 2.33 bits per heavy atom. The number of thioether (sulfide) groups is 1. The molecule has 2 aromatic rings. The van der Waals surface area contributed by atoms with Crippen LogP contribution in [0.3, 0.4) is 0 Å². The summed E-state index contributed by atoms with van der Waals surface area (Å²) in [5.41, 5.74) is 0.830. The first-order chi connectivity index (χ1) is 13.2. The molecule has 1 saturated carbocycles. The molecular weight excluding hydrogens is 382 g/mol. The zero-order valence-corrected chi connectivity index (χ0v) is 16.7. The number of hydrogen-bond acceptors (Lipinski definition) is 7. The third-order valence-corrected chi connectivity index (χ3v) is 7.50. The maximum atomic E-state index is 12.9. The average molecular weight is 404 g/mol. The van der Waals surface area contributed by atoms with Crippen LogP contribution in [0.25, 0.3) is 0 Å². The van der Waals surface area contributed by atoms with Gasteiger partial charge in [-0.1, -0.05) is 0 Å². The largest absolute Gasteiger partial charge is 0.476 e. The van der Waals surface area contributed by atoms with Crippen molar-refractivity contribution in [2.75, 3.05) is 6.61 Å². The topological polar surface area (TPSA) is 72.6 Å². The lowest BCUT2D eigenvalue weighted by atomic mass is 9.78. The molecule has 0 N–H and O–H groups in total. The summed E-state index contributed by atoms with van der Waals surface area (Å²) in [6.45, 7) is 3.90. The highest BCUT2D eigenvalue weighted by Crippen LogP contribution is 2.41. The van der Waals surface area contributed by atoms with Gasteiger partial charge in [-0.25, -0.2) is 14.7 Å². The van der Waals surface area contributed by atoms with E-state index in [1.165, 1.54) is 0 Å². The summed E-state index contributed by atoms with van der Waals surface area (Å²) >= 11 is 3.54. The van der Waals surface area contributed by atoms with Crippen LogP contribution in [0.2, 0.25) is 0 Å². The fourth-order valence-corrected chi connectivity index (χ4v) is 6.04. The number of nitrogens with zero attached hydrogens (tertiary/aromatic N) is 5. The van der Waals surface area contributed by atoms with Crippen LogP contribution in [0.4, 0.5) is 0 Å². The summed E-state index contributed by atoms with van der Waals surface area (Å²) in [4.78, 5) is 17.5. The number of carbonyl (C=O) groups is 1. The second-order valence-corrected chi connectivity index (χ2v) is 9.62. The number of amides is 1. The molecule has 0 bridgehead atoms. The molecule has 4 heterocycles. The lowest BCUT2D eigenvalue weighted by Crippen LogP contribution is -2.43. The van der Waals surface area contributed by atoms with Gasteiger partial charge in [0.25, 0.3) is 0 Å². The number of aryl methyl sites for hydroxylation is 1. The molecule has 142 valence electrons. The van der Waals surface area contributed by atoms with Gasteiger partial charge in [-0.3, -0.25) is 4.79 Å². The predicted octanol–water partition coefficient (Wildman–Crippen LogP) is 2.95. The quantitative estimate of drug-likeness (QED) is 0.785. The second kappa shape index (κ2) is 6.94. The number of ether oxygens (including phenoxy) is 1. The zero-order chi connectivity index (χ0) is 18.4. The van der Waals surface area contributed by atoms with Crippen LogP contribution in [0.1, 0.15) is 30.0 Å². The van der Waals surface area contributed by atoms with Crippen LogP contribution in [-0.4, -0.2) is 43.8 Å². The second-order valence-electron chi connectivity index (χ2n) is 7.23. The lowest BCUT2D eigenvalue weighted by Gasteiger charge is -2.37. The predicted molar refractivity (Wildman–Crippen MR) is 104 cm³/mol.